The van der Waals surface area contributed by atoms with Crippen molar-refractivity contribution in [2.24, 2.45) is 0 Å². The third-order valence-corrected chi connectivity index (χ3v) is 3.39. The summed E-state index contributed by atoms with van der Waals surface area (Å²) in [5.41, 5.74) is 0.144. The van der Waals surface area contributed by atoms with Gasteiger partial charge in [0.1, 0.15) is 5.69 Å². The van der Waals surface area contributed by atoms with Crippen LogP contribution >= 0.6 is 0 Å². The van der Waals surface area contributed by atoms with Gasteiger partial charge in [-0.2, -0.15) is 5.10 Å². The highest BCUT2D eigenvalue weighted by Crippen LogP contribution is 2.14. The molecule has 0 aliphatic carbocycles. The maximum atomic E-state index is 12.5. The molecule has 1 amide bonds. The van der Waals surface area contributed by atoms with E-state index in [1.807, 2.05) is 20.8 Å². The number of rotatable bonds is 3. The molecule has 0 radical (unpaired) electrons. The van der Waals surface area contributed by atoms with Gasteiger partial charge in [-0.1, -0.05) is 6.92 Å². The zero-order valence-corrected chi connectivity index (χ0v) is 12.2. The average molecular weight is 279 g/mol. The molecule has 1 aromatic heterocycles. The lowest BCUT2D eigenvalue weighted by atomic mass is 10.2. The fraction of sp³-hybridized carbons (Fsp3) is 0.643. The van der Waals surface area contributed by atoms with E-state index in [4.69, 9.17) is 4.74 Å². The fourth-order valence-corrected chi connectivity index (χ4v) is 2.27. The predicted molar refractivity (Wildman–Crippen MR) is 74.7 cm³/mol. The summed E-state index contributed by atoms with van der Waals surface area (Å²) in [6.07, 6.45) is 0.826. The van der Waals surface area contributed by atoms with Crippen LogP contribution in [0.15, 0.2) is 16.9 Å². The van der Waals surface area contributed by atoms with Crippen LogP contribution < -0.4 is 5.56 Å². The molecular weight excluding hydrogens is 258 g/mol. The van der Waals surface area contributed by atoms with E-state index in [0.717, 1.165) is 6.42 Å². The molecule has 2 rings (SSSR count). The zero-order chi connectivity index (χ0) is 14.7. The van der Waals surface area contributed by atoms with Gasteiger partial charge < -0.3 is 9.64 Å². The Bertz CT molecular complexity index is 541. The minimum absolute atomic E-state index is 0.0204. The molecule has 6 heteroatoms. The molecule has 0 bridgehead atoms. The minimum atomic E-state index is -0.174. The lowest BCUT2D eigenvalue weighted by Gasteiger charge is -2.36. The van der Waals surface area contributed by atoms with Crippen molar-refractivity contribution in [1.82, 2.24) is 14.7 Å². The topological polar surface area (TPSA) is 64.4 Å². The van der Waals surface area contributed by atoms with E-state index < -0.39 is 0 Å². The minimum Gasteiger partial charge on any atom is -0.375 e. The molecule has 0 N–H and O–H groups in total. The Hall–Kier alpha value is -1.69. The van der Waals surface area contributed by atoms with Crippen molar-refractivity contribution in [3.05, 3.63) is 28.2 Å². The van der Waals surface area contributed by atoms with Crippen molar-refractivity contribution in [3.8, 4) is 0 Å². The van der Waals surface area contributed by atoms with Crippen LogP contribution in [-0.4, -0.2) is 45.9 Å². The van der Waals surface area contributed by atoms with E-state index >= 15 is 0 Å². The highest BCUT2D eigenvalue weighted by molar-refractivity contribution is 5.92. The normalized spacial score (nSPS) is 22.9. The summed E-state index contributed by atoms with van der Waals surface area (Å²) in [5.74, 6) is -0.141. The fourth-order valence-electron chi connectivity index (χ4n) is 2.27. The molecular formula is C14H21N3O3. The summed E-state index contributed by atoms with van der Waals surface area (Å²) in [7, 11) is 0. The van der Waals surface area contributed by atoms with E-state index in [9.17, 15) is 9.59 Å². The van der Waals surface area contributed by atoms with Gasteiger partial charge in [-0.25, -0.2) is 4.68 Å². The van der Waals surface area contributed by atoms with E-state index in [1.165, 1.54) is 16.8 Å². The molecule has 20 heavy (non-hydrogen) atoms. The van der Waals surface area contributed by atoms with Crippen LogP contribution in [0.3, 0.4) is 0 Å². The van der Waals surface area contributed by atoms with Crippen LogP contribution in [0.25, 0.3) is 0 Å². The SMILES string of the molecule is CCCn1nc(C(=O)N2CC(C)OCC2C)ccc1=O. The Morgan fingerprint density at radius 3 is 2.90 bits per heavy atom. The van der Waals surface area contributed by atoms with Crippen LogP contribution in [-0.2, 0) is 11.3 Å². The Labute approximate surface area is 118 Å². The lowest BCUT2D eigenvalue weighted by molar-refractivity contribution is -0.0389. The Kier molecular flexibility index (Phi) is 4.54. The van der Waals surface area contributed by atoms with Crippen LogP contribution in [0.2, 0.25) is 0 Å². The third-order valence-electron chi connectivity index (χ3n) is 3.39. The van der Waals surface area contributed by atoms with Crippen LogP contribution in [0.5, 0.6) is 0 Å². The first kappa shape index (κ1) is 14.7. The highest BCUT2D eigenvalue weighted by atomic mass is 16.5. The predicted octanol–water partition coefficient (Wildman–Crippen LogP) is 0.903. The maximum absolute atomic E-state index is 12.5. The second kappa shape index (κ2) is 6.17. The molecule has 2 atom stereocenters. The second-order valence-corrected chi connectivity index (χ2v) is 5.23. The Morgan fingerprint density at radius 2 is 2.20 bits per heavy atom. The smallest absolute Gasteiger partial charge is 0.274 e. The van der Waals surface area contributed by atoms with Gasteiger partial charge >= 0.3 is 0 Å². The van der Waals surface area contributed by atoms with Gasteiger partial charge in [0.25, 0.3) is 11.5 Å². The molecule has 2 heterocycles. The number of ether oxygens (including phenoxy) is 1. The van der Waals surface area contributed by atoms with Crippen molar-refractivity contribution >= 4 is 5.91 Å². The van der Waals surface area contributed by atoms with Crippen molar-refractivity contribution in [2.75, 3.05) is 13.2 Å². The molecule has 1 aromatic rings. The number of aryl methyl sites for hydroxylation is 1. The average Bonchev–Trinajstić information content (AvgIpc) is 2.43. The Morgan fingerprint density at radius 1 is 1.45 bits per heavy atom. The summed E-state index contributed by atoms with van der Waals surface area (Å²) in [5, 5.41) is 4.17. The van der Waals surface area contributed by atoms with Gasteiger partial charge in [0.15, 0.2) is 0 Å². The van der Waals surface area contributed by atoms with Crippen molar-refractivity contribution < 1.29 is 9.53 Å². The first-order chi connectivity index (χ1) is 9.52. The first-order valence-corrected chi connectivity index (χ1v) is 7.03. The van der Waals surface area contributed by atoms with E-state index in [-0.39, 0.29) is 23.6 Å². The standard InChI is InChI=1S/C14H21N3O3/c1-4-7-17-13(18)6-5-12(15-17)14(19)16-8-11(3)20-9-10(16)2/h5-6,10-11H,4,7-9H2,1-3H3. The third kappa shape index (κ3) is 3.07. The summed E-state index contributed by atoms with van der Waals surface area (Å²) < 4.78 is 6.87. The molecule has 0 spiro atoms. The quantitative estimate of drug-likeness (QED) is 0.824. The second-order valence-electron chi connectivity index (χ2n) is 5.23. The van der Waals surface area contributed by atoms with Gasteiger partial charge in [-0.3, -0.25) is 9.59 Å². The number of carbonyl (C=O) groups is 1. The van der Waals surface area contributed by atoms with E-state index in [0.29, 0.717) is 25.4 Å². The summed E-state index contributed by atoms with van der Waals surface area (Å²) in [6.45, 7) is 7.46. The summed E-state index contributed by atoms with van der Waals surface area (Å²) in [4.78, 5) is 25.9. The number of morpholine rings is 1. The van der Waals surface area contributed by atoms with Crippen LogP contribution in [0, 0.1) is 0 Å². The maximum Gasteiger partial charge on any atom is 0.274 e. The van der Waals surface area contributed by atoms with Crippen molar-refractivity contribution in [3.63, 3.8) is 0 Å². The number of aromatic nitrogens is 2. The largest absolute Gasteiger partial charge is 0.375 e. The molecule has 110 valence electrons. The Balaban J connectivity index is 2.24. The number of nitrogens with zero attached hydrogens (tertiary/aromatic N) is 3. The number of hydrogen-bond acceptors (Lipinski definition) is 4. The highest BCUT2D eigenvalue weighted by Gasteiger charge is 2.29. The molecule has 1 aliphatic heterocycles. The number of carbonyl (C=O) groups excluding carboxylic acids is 1. The van der Waals surface area contributed by atoms with E-state index in [1.54, 1.807) is 4.90 Å². The number of hydrogen-bond donors (Lipinski definition) is 0. The van der Waals surface area contributed by atoms with Crippen molar-refractivity contribution in [2.45, 2.75) is 45.9 Å². The van der Waals surface area contributed by atoms with Crippen LogP contribution in [0.4, 0.5) is 0 Å². The summed E-state index contributed by atoms with van der Waals surface area (Å²) in [6, 6.07) is 2.93. The van der Waals surface area contributed by atoms with Gasteiger partial charge in [-0.15, -0.1) is 0 Å². The van der Waals surface area contributed by atoms with Gasteiger partial charge in [0.05, 0.1) is 18.8 Å². The van der Waals surface area contributed by atoms with Crippen LogP contribution in [0.1, 0.15) is 37.7 Å². The zero-order valence-electron chi connectivity index (χ0n) is 12.2. The molecule has 0 saturated carbocycles. The molecule has 1 saturated heterocycles. The number of amides is 1. The summed E-state index contributed by atoms with van der Waals surface area (Å²) >= 11 is 0. The first-order valence-electron chi connectivity index (χ1n) is 7.03. The molecule has 1 fully saturated rings. The van der Waals surface area contributed by atoms with Gasteiger partial charge in [0, 0.05) is 19.2 Å². The molecule has 2 unspecified atom stereocenters. The van der Waals surface area contributed by atoms with Gasteiger partial charge in [-0.05, 0) is 26.3 Å². The lowest BCUT2D eigenvalue weighted by Crippen LogP contribution is -2.50. The van der Waals surface area contributed by atoms with Gasteiger partial charge in [0.2, 0.25) is 0 Å². The molecule has 6 nitrogen and oxygen atoms in total. The molecule has 1 aliphatic rings. The van der Waals surface area contributed by atoms with Crippen molar-refractivity contribution in [1.29, 1.82) is 0 Å². The monoisotopic (exact) mass is 279 g/mol. The molecule has 0 aromatic carbocycles. The van der Waals surface area contributed by atoms with E-state index in [2.05, 4.69) is 5.10 Å².